The van der Waals surface area contributed by atoms with E-state index >= 15 is 0 Å². The molecule has 144 valence electrons. The van der Waals surface area contributed by atoms with Crippen molar-refractivity contribution in [1.82, 2.24) is 0 Å². The van der Waals surface area contributed by atoms with E-state index in [1.165, 1.54) is 17.3 Å². The summed E-state index contributed by atoms with van der Waals surface area (Å²) in [5, 5.41) is 11.1. The molecule has 26 heavy (non-hydrogen) atoms. The molecule has 0 aromatic rings. The highest BCUT2D eigenvalue weighted by molar-refractivity contribution is 14.1. The van der Waals surface area contributed by atoms with Crippen molar-refractivity contribution in [2.45, 2.75) is 76.6 Å². The van der Waals surface area contributed by atoms with Crippen LogP contribution in [0.3, 0.4) is 0 Å². The van der Waals surface area contributed by atoms with Crippen LogP contribution in [0.25, 0.3) is 0 Å². The maximum Gasteiger partial charge on any atom is 0.248 e. The maximum atomic E-state index is 12.3. The normalized spacial score (nSPS) is 50.5. The molecule has 4 aliphatic rings. The predicted molar refractivity (Wildman–Crippen MR) is 114 cm³/mol. The van der Waals surface area contributed by atoms with E-state index in [0.29, 0.717) is 24.2 Å². The number of ketones is 1. The van der Waals surface area contributed by atoms with E-state index in [4.69, 9.17) is 0 Å². The molecule has 7 unspecified atom stereocenters. The van der Waals surface area contributed by atoms with E-state index in [9.17, 15) is 14.7 Å². The van der Waals surface area contributed by atoms with Gasteiger partial charge in [0.15, 0.2) is 5.78 Å². The number of aliphatic hydroxyl groups is 1. The van der Waals surface area contributed by atoms with Gasteiger partial charge in [0.05, 0.1) is 5.60 Å². The average Bonchev–Trinajstić information content (AvgIpc) is 2.78. The Morgan fingerprint density at radius 2 is 1.88 bits per heavy atom. The van der Waals surface area contributed by atoms with Gasteiger partial charge in [0, 0.05) is 39.7 Å². The van der Waals surface area contributed by atoms with Crippen LogP contribution >= 0.6 is 34.4 Å². The van der Waals surface area contributed by atoms with E-state index in [1.807, 2.05) is 35.6 Å². The van der Waals surface area contributed by atoms with Crippen molar-refractivity contribution in [3.05, 3.63) is 11.6 Å². The molecule has 3 saturated carbocycles. The van der Waals surface area contributed by atoms with Crippen molar-refractivity contribution in [2.24, 2.45) is 28.6 Å². The first-order valence-electron chi connectivity index (χ1n) is 9.92. The minimum atomic E-state index is -0.561. The van der Waals surface area contributed by atoms with Crippen LogP contribution in [0, 0.1) is 28.6 Å². The van der Waals surface area contributed by atoms with Crippen LogP contribution in [0.15, 0.2) is 11.6 Å². The SMILES string of the molecule is CC12C(=CC(=O)CC1SC(=O)I)CCC1C2CCC2(C)C1CCC2(C)O. The highest BCUT2D eigenvalue weighted by Crippen LogP contribution is 2.68. The van der Waals surface area contributed by atoms with Crippen LogP contribution in [0.4, 0.5) is 4.79 Å². The third-order valence-corrected chi connectivity index (χ3v) is 10.7. The van der Waals surface area contributed by atoms with Gasteiger partial charge >= 0.3 is 0 Å². The number of rotatable bonds is 1. The molecule has 0 aromatic heterocycles. The van der Waals surface area contributed by atoms with Gasteiger partial charge < -0.3 is 5.11 Å². The van der Waals surface area contributed by atoms with Gasteiger partial charge in [-0.2, -0.15) is 0 Å². The Balaban J connectivity index is 1.72. The highest BCUT2D eigenvalue weighted by atomic mass is 127. The first-order valence-corrected chi connectivity index (χ1v) is 11.9. The summed E-state index contributed by atoms with van der Waals surface area (Å²) in [6.45, 7) is 6.67. The highest BCUT2D eigenvalue weighted by Gasteiger charge is 2.63. The van der Waals surface area contributed by atoms with Gasteiger partial charge in [-0.05, 0) is 74.7 Å². The molecule has 0 spiro atoms. The van der Waals surface area contributed by atoms with Gasteiger partial charge in [0.25, 0.3) is 0 Å². The average molecular weight is 488 g/mol. The zero-order valence-corrected chi connectivity index (χ0v) is 18.9. The summed E-state index contributed by atoms with van der Waals surface area (Å²) in [4.78, 5) is 24.2. The number of thioether (sulfide) groups is 1. The molecule has 0 bridgehead atoms. The summed E-state index contributed by atoms with van der Waals surface area (Å²) in [6.07, 6.45) is 8.67. The van der Waals surface area contributed by atoms with Crippen molar-refractivity contribution in [2.75, 3.05) is 0 Å². The van der Waals surface area contributed by atoms with Crippen molar-refractivity contribution in [3.63, 3.8) is 0 Å². The Labute approximate surface area is 174 Å². The first-order chi connectivity index (χ1) is 12.1. The Morgan fingerprint density at radius 3 is 2.58 bits per heavy atom. The topological polar surface area (TPSA) is 54.4 Å². The van der Waals surface area contributed by atoms with E-state index in [-0.39, 0.29) is 25.0 Å². The lowest BCUT2D eigenvalue weighted by Crippen LogP contribution is -2.56. The molecule has 4 aliphatic carbocycles. The van der Waals surface area contributed by atoms with Crippen LogP contribution in [0.2, 0.25) is 0 Å². The van der Waals surface area contributed by atoms with Crippen molar-refractivity contribution in [3.8, 4) is 0 Å². The summed E-state index contributed by atoms with van der Waals surface area (Å²) >= 11 is 3.24. The number of fused-ring (bicyclic) bond motifs is 5. The number of hydrogen-bond acceptors (Lipinski definition) is 4. The van der Waals surface area contributed by atoms with E-state index in [2.05, 4.69) is 13.8 Å². The van der Waals surface area contributed by atoms with Crippen LogP contribution < -0.4 is 0 Å². The third-order valence-electron chi connectivity index (χ3n) is 8.83. The molecule has 4 rings (SSSR count). The lowest BCUT2D eigenvalue weighted by atomic mass is 9.46. The standard InChI is InChI=1S/C21H29IO3S/c1-19-8-6-16-14(15(19)7-9-20(19,2)25)5-4-12-10-13(23)11-17(21(12,16)3)26-18(22)24/h10,14-17,25H,4-9,11H2,1-3H3. The molecule has 0 aromatic carbocycles. The van der Waals surface area contributed by atoms with E-state index in [1.54, 1.807) is 0 Å². The van der Waals surface area contributed by atoms with Crippen LogP contribution in [0.1, 0.15) is 65.7 Å². The summed E-state index contributed by atoms with van der Waals surface area (Å²) in [5.41, 5.74) is 0.684. The molecule has 0 heterocycles. The Morgan fingerprint density at radius 1 is 1.19 bits per heavy atom. The molecule has 0 aliphatic heterocycles. The fraction of sp³-hybridized carbons (Fsp3) is 0.810. The Hall–Kier alpha value is 0.120. The zero-order valence-electron chi connectivity index (χ0n) is 15.9. The van der Waals surface area contributed by atoms with Gasteiger partial charge in [-0.25, -0.2) is 0 Å². The number of halogens is 1. The Kier molecular flexibility index (Phi) is 4.72. The summed E-state index contributed by atoms with van der Waals surface area (Å²) in [6, 6.07) is 0. The second kappa shape index (κ2) is 6.31. The monoisotopic (exact) mass is 488 g/mol. The molecule has 0 saturated heterocycles. The molecule has 0 radical (unpaired) electrons. The summed E-state index contributed by atoms with van der Waals surface area (Å²) < 4.78 is 0.0921. The predicted octanol–water partition coefficient (Wildman–Crippen LogP) is 5.54. The molecular weight excluding hydrogens is 459 g/mol. The fourth-order valence-electron chi connectivity index (χ4n) is 7.10. The number of carbonyl (C=O) groups is 2. The fourth-order valence-corrected chi connectivity index (χ4v) is 9.07. The van der Waals surface area contributed by atoms with Gasteiger partial charge in [-0.15, -0.1) is 0 Å². The van der Waals surface area contributed by atoms with Crippen LogP contribution in [-0.4, -0.2) is 24.9 Å². The number of allylic oxidation sites excluding steroid dienone is 1. The lowest BCUT2D eigenvalue weighted by Gasteiger charge is -2.60. The molecular formula is C21H29IO3S. The molecule has 0 amide bonds. The van der Waals surface area contributed by atoms with Gasteiger partial charge in [-0.1, -0.05) is 31.2 Å². The second-order valence-electron chi connectivity index (χ2n) is 9.65. The maximum absolute atomic E-state index is 12.3. The molecule has 3 nitrogen and oxygen atoms in total. The van der Waals surface area contributed by atoms with Gasteiger partial charge in [0.1, 0.15) is 0 Å². The summed E-state index contributed by atoms with van der Waals surface area (Å²) in [7, 11) is 0. The van der Waals surface area contributed by atoms with Gasteiger partial charge in [-0.3, -0.25) is 9.59 Å². The molecule has 3 fully saturated rings. The quantitative estimate of drug-likeness (QED) is 0.389. The minimum Gasteiger partial charge on any atom is -0.390 e. The third kappa shape index (κ3) is 2.62. The van der Waals surface area contributed by atoms with Gasteiger partial charge in [0.2, 0.25) is 3.12 Å². The molecule has 7 atom stereocenters. The van der Waals surface area contributed by atoms with Crippen LogP contribution in [0.5, 0.6) is 0 Å². The molecule has 1 N–H and O–H groups in total. The van der Waals surface area contributed by atoms with Crippen molar-refractivity contribution in [1.29, 1.82) is 0 Å². The number of hydrogen-bond donors (Lipinski definition) is 1. The van der Waals surface area contributed by atoms with Crippen molar-refractivity contribution < 1.29 is 14.7 Å². The van der Waals surface area contributed by atoms with E-state index < -0.39 is 5.60 Å². The minimum absolute atomic E-state index is 0.0119. The van der Waals surface area contributed by atoms with E-state index in [0.717, 1.165) is 38.5 Å². The summed E-state index contributed by atoms with van der Waals surface area (Å²) in [5.74, 6) is 1.88. The smallest absolute Gasteiger partial charge is 0.248 e. The Bertz CT molecular complexity index is 687. The first kappa shape index (κ1) is 19.4. The second-order valence-corrected chi connectivity index (χ2v) is 12.5. The zero-order chi connectivity index (χ0) is 18.9. The largest absolute Gasteiger partial charge is 0.390 e. The van der Waals surface area contributed by atoms with Crippen LogP contribution in [-0.2, 0) is 4.79 Å². The number of carbonyl (C=O) groups excluding carboxylic acids is 2. The van der Waals surface area contributed by atoms with Crippen molar-refractivity contribution >= 4 is 43.3 Å². The molecule has 5 heteroatoms. The lowest BCUT2D eigenvalue weighted by molar-refractivity contribution is -0.123.